The Kier molecular flexibility index (Phi) is 3.58. The van der Waals surface area contributed by atoms with Crippen LogP contribution in [0.2, 0.25) is 0 Å². The molecule has 6 heteroatoms. The van der Waals surface area contributed by atoms with Gasteiger partial charge in [0, 0.05) is 12.6 Å². The van der Waals surface area contributed by atoms with E-state index in [1.54, 1.807) is 0 Å². The van der Waals surface area contributed by atoms with Crippen molar-refractivity contribution in [1.82, 2.24) is 5.32 Å². The molecule has 4 unspecified atom stereocenters. The zero-order valence-corrected chi connectivity index (χ0v) is 11.3. The lowest BCUT2D eigenvalue weighted by atomic mass is 9.84. The first-order chi connectivity index (χ1) is 8.63. The van der Waals surface area contributed by atoms with Crippen molar-refractivity contribution in [3.05, 3.63) is 0 Å². The molecule has 0 radical (unpaired) electrons. The second kappa shape index (κ2) is 4.65. The number of amides is 1. The third-order valence-corrected chi connectivity index (χ3v) is 4.76. The minimum Gasteiger partial charge on any atom is -0.355 e. The van der Waals surface area contributed by atoms with Gasteiger partial charge >= 0.3 is 6.18 Å². The van der Waals surface area contributed by atoms with Crippen LogP contribution in [-0.4, -0.2) is 24.7 Å². The summed E-state index contributed by atoms with van der Waals surface area (Å²) in [6, 6.07) is -0.187. The van der Waals surface area contributed by atoms with Crippen LogP contribution in [0.15, 0.2) is 0 Å². The SMILES string of the molecule is CC(C)(CNC(=O)C1C2CCC(C2)C1N)C(F)(F)F. The summed E-state index contributed by atoms with van der Waals surface area (Å²) in [7, 11) is 0. The lowest BCUT2D eigenvalue weighted by molar-refractivity contribution is -0.209. The van der Waals surface area contributed by atoms with Gasteiger partial charge in [-0.2, -0.15) is 13.2 Å². The van der Waals surface area contributed by atoms with Gasteiger partial charge in [0.1, 0.15) is 0 Å². The lowest BCUT2D eigenvalue weighted by Gasteiger charge is -2.31. The van der Waals surface area contributed by atoms with Crippen molar-refractivity contribution >= 4 is 5.91 Å². The summed E-state index contributed by atoms with van der Waals surface area (Å²) in [5.41, 5.74) is 4.09. The fraction of sp³-hybridized carbons (Fsp3) is 0.923. The average molecular weight is 278 g/mol. The number of halogens is 3. The van der Waals surface area contributed by atoms with Gasteiger partial charge in [0.2, 0.25) is 5.91 Å². The molecule has 110 valence electrons. The normalized spacial score (nSPS) is 34.6. The molecule has 2 saturated carbocycles. The summed E-state index contributed by atoms with van der Waals surface area (Å²) < 4.78 is 38.1. The molecule has 0 aromatic rings. The second-order valence-electron chi connectivity index (χ2n) is 6.54. The highest BCUT2D eigenvalue weighted by Gasteiger charge is 2.51. The third kappa shape index (κ3) is 2.59. The second-order valence-corrected chi connectivity index (χ2v) is 6.54. The van der Waals surface area contributed by atoms with Crippen LogP contribution in [0, 0.1) is 23.2 Å². The standard InChI is InChI=1S/C13H21F3N2O/c1-12(2,13(14,15)16)6-18-11(19)9-7-3-4-8(5-7)10(9)17/h7-10H,3-6,17H2,1-2H3,(H,18,19). The minimum absolute atomic E-state index is 0.187. The number of alkyl halides is 3. The molecule has 3 N–H and O–H groups in total. The number of nitrogens with one attached hydrogen (secondary N) is 1. The van der Waals surface area contributed by atoms with Gasteiger partial charge in [0.15, 0.2) is 0 Å². The van der Waals surface area contributed by atoms with E-state index in [9.17, 15) is 18.0 Å². The summed E-state index contributed by atoms with van der Waals surface area (Å²) in [6.07, 6.45) is -1.36. The molecule has 0 aromatic carbocycles. The van der Waals surface area contributed by atoms with Crippen molar-refractivity contribution in [2.45, 2.75) is 45.3 Å². The Bertz CT molecular complexity index is 365. The summed E-state index contributed by atoms with van der Waals surface area (Å²) in [4.78, 5) is 12.1. The molecule has 2 aliphatic carbocycles. The van der Waals surface area contributed by atoms with E-state index in [2.05, 4.69) is 5.32 Å². The molecular weight excluding hydrogens is 257 g/mol. The van der Waals surface area contributed by atoms with Crippen LogP contribution in [0.1, 0.15) is 33.1 Å². The van der Waals surface area contributed by atoms with Gasteiger partial charge < -0.3 is 11.1 Å². The van der Waals surface area contributed by atoms with Gasteiger partial charge in [-0.05, 0) is 44.9 Å². The third-order valence-electron chi connectivity index (χ3n) is 4.76. The van der Waals surface area contributed by atoms with Gasteiger partial charge in [0.05, 0.1) is 11.3 Å². The van der Waals surface area contributed by atoms with Gasteiger partial charge in [-0.3, -0.25) is 4.79 Å². The predicted octanol–water partition coefficient (Wildman–Crippen LogP) is 2.06. The first-order valence-corrected chi connectivity index (χ1v) is 6.73. The largest absolute Gasteiger partial charge is 0.395 e. The van der Waals surface area contributed by atoms with Crippen LogP contribution in [0.4, 0.5) is 13.2 Å². The number of hydrogen-bond donors (Lipinski definition) is 2. The molecule has 2 rings (SSSR count). The van der Waals surface area contributed by atoms with Crippen LogP contribution in [0.25, 0.3) is 0 Å². The van der Waals surface area contributed by atoms with E-state index in [4.69, 9.17) is 5.73 Å². The molecule has 2 fully saturated rings. The van der Waals surface area contributed by atoms with E-state index in [0.717, 1.165) is 33.1 Å². The Balaban J connectivity index is 1.92. The lowest BCUT2D eigenvalue weighted by Crippen LogP contribution is -2.49. The summed E-state index contributed by atoms with van der Waals surface area (Å²) >= 11 is 0. The fourth-order valence-electron chi connectivity index (χ4n) is 3.25. The molecule has 1 amide bonds. The van der Waals surface area contributed by atoms with Crippen molar-refractivity contribution in [2.24, 2.45) is 28.9 Å². The van der Waals surface area contributed by atoms with E-state index in [1.807, 2.05) is 0 Å². The van der Waals surface area contributed by atoms with E-state index >= 15 is 0 Å². The fourth-order valence-corrected chi connectivity index (χ4v) is 3.25. The van der Waals surface area contributed by atoms with Crippen LogP contribution in [0.3, 0.4) is 0 Å². The van der Waals surface area contributed by atoms with Crippen LogP contribution >= 0.6 is 0 Å². The smallest absolute Gasteiger partial charge is 0.355 e. The van der Waals surface area contributed by atoms with Crippen LogP contribution in [-0.2, 0) is 4.79 Å². The molecule has 3 nitrogen and oxygen atoms in total. The number of nitrogens with two attached hydrogens (primary N) is 1. The Hall–Kier alpha value is -0.780. The maximum absolute atomic E-state index is 12.7. The summed E-state index contributed by atoms with van der Waals surface area (Å²) in [5.74, 6) is 0.0187. The van der Waals surface area contributed by atoms with Crippen LogP contribution < -0.4 is 11.1 Å². The van der Waals surface area contributed by atoms with E-state index in [0.29, 0.717) is 5.92 Å². The number of fused-ring (bicyclic) bond motifs is 2. The molecule has 0 heterocycles. The number of rotatable bonds is 3. The van der Waals surface area contributed by atoms with Gasteiger partial charge in [-0.1, -0.05) is 0 Å². The topological polar surface area (TPSA) is 55.1 Å². The van der Waals surface area contributed by atoms with E-state index in [1.165, 1.54) is 0 Å². The molecule has 0 saturated heterocycles. The average Bonchev–Trinajstić information content (AvgIpc) is 2.84. The maximum Gasteiger partial charge on any atom is 0.395 e. The Labute approximate surface area is 111 Å². The first kappa shape index (κ1) is 14.6. The number of carbonyl (C=O) groups is 1. The van der Waals surface area contributed by atoms with Gasteiger partial charge in [-0.15, -0.1) is 0 Å². The van der Waals surface area contributed by atoms with Crippen molar-refractivity contribution in [1.29, 1.82) is 0 Å². The van der Waals surface area contributed by atoms with Crippen molar-refractivity contribution < 1.29 is 18.0 Å². The molecule has 0 spiro atoms. The van der Waals surface area contributed by atoms with E-state index in [-0.39, 0.29) is 23.8 Å². The molecule has 2 aliphatic rings. The Morgan fingerprint density at radius 1 is 1.26 bits per heavy atom. The molecule has 0 aliphatic heterocycles. The summed E-state index contributed by atoms with van der Waals surface area (Å²) in [6.45, 7) is 1.79. The Morgan fingerprint density at radius 2 is 1.84 bits per heavy atom. The molecule has 4 atom stereocenters. The van der Waals surface area contributed by atoms with Gasteiger partial charge in [0.25, 0.3) is 0 Å². The van der Waals surface area contributed by atoms with Crippen molar-refractivity contribution in [3.63, 3.8) is 0 Å². The molecular formula is C13H21F3N2O. The number of hydrogen-bond acceptors (Lipinski definition) is 2. The molecule has 0 aromatic heterocycles. The highest BCUT2D eigenvalue weighted by atomic mass is 19.4. The zero-order valence-electron chi connectivity index (χ0n) is 11.3. The van der Waals surface area contributed by atoms with E-state index < -0.39 is 18.1 Å². The zero-order chi connectivity index (χ0) is 14.4. The minimum atomic E-state index is -4.32. The maximum atomic E-state index is 12.7. The molecule has 19 heavy (non-hydrogen) atoms. The number of carbonyl (C=O) groups excluding carboxylic acids is 1. The molecule has 2 bridgehead atoms. The van der Waals surface area contributed by atoms with Crippen molar-refractivity contribution in [3.8, 4) is 0 Å². The predicted molar refractivity (Wildman–Crippen MR) is 65.1 cm³/mol. The van der Waals surface area contributed by atoms with Crippen molar-refractivity contribution in [2.75, 3.05) is 6.54 Å². The highest BCUT2D eigenvalue weighted by molar-refractivity contribution is 5.80. The summed E-state index contributed by atoms with van der Waals surface area (Å²) in [5, 5.41) is 2.45. The first-order valence-electron chi connectivity index (χ1n) is 6.73. The van der Waals surface area contributed by atoms with Gasteiger partial charge in [-0.25, -0.2) is 0 Å². The van der Waals surface area contributed by atoms with Crippen LogP contribution in [0.5, 0.6) is 0 Å². The monoisotopic (exact) mass is 278 g/mol. The quantitative estimate of drug-likeness (QED) is 0.830. The Morgan fingerprint density at radius 3 is 2.32 bits per heavy atom. The highest BCUT2D eigenvalue weighted by Crippen LogP contribution is 2.47.